The Balaban J connectivity index is 1.68. The fourth-order valence-electron chi connectivity index (χ4n) is 3.94. The summed E-state index contributed by atoms with van der Waals surface area (Å²) in [6.45, 7) is 4.17. The van der Waals surface area contributed by atoms with Crippen molar-refractivity contribution in [3.63, 3.8) is 0 Å². The normalized spacial score (nSPS) is 11.0. The number of benzene rings is 3. The number of hydrogen-bond acceptors (Lipinski definition) is 3. The zero-order chi connectivity index (χ0) is 22.1. The Bertz CT molecular complexity index is 1350. The van der Waals surface area contributed by atoms with Gasteiger partial charge in [0.2, 0.25) is 0 Å². The largest absolute Gasteiger partial charge is 0.497 e. The molecule has 0 N–H and O–H groups in total. The van der Waals surface area contributed by atoms with Gasteiger partial charge in [-0.1, -0.05) is 65.7 Å². The molecule has 2 aromatic heterocycles. The van der Waals surface area contributed by atoms with E-state index < -0.39 is 0 Å². The SMILES string of the molecule is COc1ccc(-c2ccoc2-c2cc(-c3ccc(C)cc3)oc2-c2cccc(C)c2)cc1. The first kappa shape index (κ1) is 20.0. The van der Waals surface area contributed by atoms with Crippen LogP contribution in [0.4, 0.5) is 0 Å². The molecule has 0 radical (unpaired) electrons. The molecule has 2 heterocycles. The Hall–Kier alpha value is -3.98. The van der Waals surface area contributed by atoms with Crippen molar-refractivity contribution >= 4 is 0 Å². The molecule has 0 spiro atoms. The van der Waals surface area contributed by atoms with Crippen molar-refractivity contribution in [2.75, 3.05) is 7.11 Å². The number of aryl methyl sites for hydroxylation is 2. The van der Waals surface area contributed by atoms with Crippen molar-refractivity contribution in [2.24, 2.45) is 0 Å². The minimum absolute atomic E-state index is 0.786. The van der Waals surface area contributed by atoms with E-state index in [1.807, 2.05) is 30.3 Å². The molecule has 0 atom stereocenters. The van der Waals surface area contributed by atoms with Gasteiger partial charge in [0.05, 0.1) is 18.9 Å². The number of hydrogen-bond donors (Lipinski definition) is 0. The van der Waals surface area contributed by atoms with Crippen molar-refractivity contribution in [1.82, 2.24) is 0 Å². The van der Waals surface area contributed by atoms with E-state index in [1.165, 1.54) is 11.1 Å². The summed E-state index contributed by atoms with van der Waals surface area (Å²) in [7, 11) is 1.67. The summed E-state index contributed by atoms with van der Waals surface area (Å²) in [4.78, 5) is 0. The van der Waals surface area contributed by atoms with Gasteiger partial charge < -0.3 is 13.6 Å². The zero-order valence-electron chi connectivity index (χ0n) is 18.4. The molecule has 0 fully saturated rings. The molecule has 0 bridgehead atoms. The van der Waals surface area contributed by atoms with Crippen LogP contribution in [0.15, 0.2) is 100 Å². The van der Waals surface area contributed by atoms with Gasteiger partial charge in [0.15, 0.2) is 0 Å². The van der Waals surface area contributed by atoms with Crippen molar-refractivity contribution in [2.45, 2.75) is 13.8 Å². The van der Waals surface area contributed by atoms with Gasteiger partial charge in [-0.25, -0.2) is 0 Å². The van der Waals surface area contributed by atoms with Crippen LogP contribution < -0.4 is 4.74 Å². The van der Waals surface area contributed by atoms with Crippen LogP contribution in [0.5, 0.6) is 5.75 Å². The Morgan fingerprint density at radius 1 is 0.625 bits per heavy atom. The second-order valence-corrected chi connectivity index (χ2v) is 7.98. The smallest absolute Gasteiger partial charge is 0.145 e. The monoisotopic (exact) mass is 420 g/mol. The van der Waals surface area contributed by atoms with E-state index in [9.17, 15) is 0 Å². The maximum Gasteiger partial charge on any atom is 0.145 e. The Labute approximate surface area is 187 Å². The van der Waals surface area contributed by atoms with E-state index in [1.54, 1.807) is 13.4 Å². The maximum absolute atomic E-state index is 6.45. The molecule has 158 valence electrons. The second kappa shape index (κ2) is 8.27. The summed E-state index contributed by atoms with van der Waals surface area (Å²) in [5.41, 5.74) is 7.45. The lowest BCUT2D eigenvalue weighted by molar-refractivity contribution is 0.415. The van der Waals surface area contributed by atoms with E-state index in [4.69, 9.17) is 13.6 Å². The van der Waals surface area contributed by atoms with E-state index >= 15 is 0 Å². The highest BCUT2D eigenvalue weighted by molar-refractivity contribution is 5.89. The van der Waals surface area contributed by atoms with Gasteiger partial charge in [0, 0.05) is 16.7 Å². The number of methoxy groups -OCH3 is 1. The lowest BCUT2D eigenvalue weighted by Crippen LogP contribution is -1.84. The topological polar surface area (TPSA) is 35.5 Å². The fraction of sp³-hybridized carbons (Fsp3) is 0.103. The quantitative estimate of drug-likeness (QED) is 0.288. The highest BCUT2D eigenvalue weighted by Crippen LogP contribution is 2.43. The third-order valence-electron chi connectivity index (χ3n) is 5.66. The minimum Gasteiger partial charge on any atom is -0.497 e. The molecule has 0 saturated heterocycles. The van der Waals surface area contributed by atoms with Gasteiger partial charge >= 0.3 is 0 Å². The standard InChI is InChI=1S/C29H24O3/c1-19-7-9-22(10-8-19)27-18-26(28(32-27)23-6-4-5-20(2)17-23)29-25(15-16-31-29)21-11-13-24(30-3)14-12-21/h4-18H,1-3H3. The highest BCUT2D eigenvalue weighted by Gasteiger charge is 2.21. The predicted molar refractivity (Wildman–Crippen MR) is 129 cm³/mol. The van der Waals surface area contributed by atoms with Gasteiger partial charge in [-0.2, -0.15) is 0 Å². The molecule has 32 heavy (non-hydrogen) atoms. The summed E-state index contributed by atoms with van der Waals surface area (Å²) < 4.78 is 17.8. The molecule has 3 aromatic carbocycles. The summed E-state index contributed by atoms with van der Waals surface area (Å²) in [6.07, 6.45) is 1.73. The first-order valence-electron chi connectivity index (χ1n) is 10.6. The maximum atomic E-state index is 6.45. The second-order valence-electron chi connectivity index (χ2n) is 7.98. The zero-order valence-corrected chi connectivity index (χ0v) is 18.4. The van der Waals surface area contributed by atoms with Gasteiger partial charge in [0.1, 0.15) is 23.0 Å². The van der Waals surface area contributed by atoms with Crippen molar-refractivity contribution in [1.29, 1.82) is 0 Å². The highest BCUT2D eigenvalue weighted by atomic mass is 16.5. The molecule has 5 aromatic rings. The van der Waals surface area contributed by atoms with Crippen LogP contribution in [-0.2, 0) is 0 Å². The third-order valence-corrected chi connectivity index (χ3v) is 5.66. The fourth-order valence-corrected chi connectivity index (χ4v) is 3.94. The average Bonchev–Trinajstić information content (AvgIpc) is 3.47. The molecule has 0 unspecified atom stereocenters. The first-order chi connectivity index (χ1) is 15.6. The Morgan fingerprint density at radius 3 is 2.09 bits per heavy atom. The van der Waals surface area contributed by atoms with E-state index in [-0.39, 0.29) is 0 Å². The number of rotatable bonds is 5. The van der Waals surface area contributed by atoms with Crippen molar-refractivity contribution in [3.8, 4) is 50.8 Å². The van der Waals surface area contributed by atoms with Gasteiger partial charge in [0.25, 0.3) is 0 Å². The van der Waals surface area contributed by atoms with E-state index in [2.05, 4.69) is 68.4 Å². The van der Waals surface area contributed by atoms with Crippen LogP contribution >= 0.6 is 0 Å². The van der Waals surface area contributed by atoms with Crippen molar-refractivity contribution < 1.29 is 13.6 Å². The molecular weight excluding hydrogens is 396 g/mol. The van der Waals surface area contributed by atoms with Crippen LogP contribution in [0, 0.1) is 13.8 Å². The van der Waals surface area contributed by atoms with Gasteiger partial charge in [-0.3, -0.25) is 0 Å². The predicted octanol–water partition coefficient (Wildman–Crippen LogP) is 8.17. The summed E-state index contributed by atoms with van der Waals surface area (Å²) in [5, 5.41) is 0. The first-order valence-corrected chi connectivity index (χ1v) is 10.6. The molecule has 0 aliphatic rings. The molecule has 0 aliphatic carbocycles. The summed E-state index contributed by atoms with van der Waals surface area (Å²) in [6, 6.07) is 28.8. The van der Waals surface area contributed by atoms with Gasteiger partial charge in [-0.05, 0) is 49.7 Å². The van der Waals surface area contributed by atoms with E-state index in [0.29, 0.717) is 0 Å². The summed E-state index contributed by atoms with van der Waals surface area (Å²) in [5.74, 6) is 3.22. The Morgan fingerprint density at radius 2 is 1.38 bits per heavy atom. The van der Waals surface area contributed by atoms with Gasteiger partial charge in [-0.15, -0.1) is 0 Å². The molecule has 0 amide bonds. The van der Waals surface area contributed by atoms with Crippen LogP contribution in [0.2, 0.25) is 0 Å². The average molecular weight is 421 g/mol. The van der Waals surface area contributed by atoms with E-state index in [0.717, 1.165) is 50.8 Å². The van der Waals surface area contributed by atoms with Crippen LogP contribution in [-0.4, -0.2) is 7.11 Å². The summed E-state index contributed by atoms with van der Waals surface area (Å²) >= 11 is 0. The van der Waals surface area contributed by atoms with Crippen LogP contribution in [0.1, 0.15) is 11.1 Å². The lowest BCUT2D eigenvalue weighted by Gasteiger charge is -2.06. The van der Waals surface area contributed by atoms with Crippen molar-refractivity contribution in [3.05, 3.63) is 102 Å². The number of ether oxygens (including phenoxy) is 1. The molecule has 0 saturated carbocycles. The lowest BCUT2D eigenvalue weighted by atomic mass is 9.99. The molecule has 3 heteroatoms. The van der Waals surface area contributed by atoms with Crippen LogP contribution in [0.25, 0.3) is 45.1 Å². The molecule has 3 nitrogen and oxygen atoms in total. The third kappa shape index (κ3) is 3.74. The molecular formula is C29H24O3. The minimum atomic E-state index is 0.786. The van der Waals surface area contributed by atoms with Crippen LogP contribution in [0.3, 0.4) is 0 Å². The molecule has 5 rings (SSSR count). The number of furan rings is 2. The Kier molecular flexibility index (Phi) is 5.16. The molecule has 0 aliphatic heterocycles.